The van der Waals surface area contributed by atoms with Crippen molar-refractivity contribution in [3.05, 3.63) is 76.2 Å². The number of aromatic nitrogens is 6. The molecule has 0 radical (unpaired) electrons. The van der Waals surface area contributed by atoms with Crippen molar-refractivity contribution in [3.63, 3.8) is 0 Å². The molecule has 4 heterocycles. The fourth-order valence-corrected chi connectivity index (χ4v) is 5.71. The maximum absolute atomic E-state index is 12.9. The highest BCUT2D eigenvalue weighted by Gasteiger charge is 2.16. The molecule has 9 heteroatoms. The van der Waals surface area contributed by atoms with Gasteiger partial charge in [0.05, 0.1) is 16.7 Å². The summed E-state index contributed by atoms with van der Waals surface area (Å²) in [5.74, 6) is 1.04. The summed E-state index contributed by atoms with van der Waals surface area (Å²) in [5.41, 5.74) is 4.51. The summed E-state index contributed by atoms with van der Waals surface area (Å²) in [5, 5.41) is 13.0. The van der Waals surface area contributed by atoms with E-state index in [9.17, 15) is 4.79 Å². The van der Waals surface area contributed by atoms with Gasteiger partial charge in [-0.3, -0.25) is 4.79 Å². The standard InChI is InChI=1S/C24H18N6OS2/c1-2-30-17-11-7-6-10-15(17)20-21(30)27-24(29-28-20)33-13-18-25-22(31)19-16(12-32-23(19)26-18)14-8-4-3-5-9-14/h3-12H,2,13H2,1H3,(H,25,26,31). The summed E-state index contributed by atoms with van der Waals surface area (Å²) >= 11 is 2.89. The molecule has 0 aliphatic heterocycles. The molecular formula is C24H18N6OS2. The number of fused-ring (bicyclic) bond motifs is 4. The zero-order valence-electron chi connectivity index (χ0n) is 17.6. The van der Waals surface area contributed by atoms with Gasteiger partial charge in [0, 0.05) is 22.9 Å². The van der Waals surface area contributed by atoms with Crippen molar-refractivity contribution in [3.8, 4) is 11.1 Å². The van der Waals surface area contributed by atoms with Gasteiger partial charge in [-0.2, -0.15) is 0 Å². The van der Waals surface area contributed by atoms with Crippen molar-refractivity contribution in [2.24, 2.45) is 0 Å². The van der Waals surface area contributed by atoms with Crippen molar-refractivity contribution in [2.45, 2.75) is 24.4 Å². The molecule has 0 fully saturated rings. The van der Waals surface area contributed by atoms with Gasteiger partial charge in [-0.1, -0.05) is 60.3 Å². The molecule has 2 aromatic carbocycles. The molecule has 0 atom stereocenters. The Morgan fingerprint density at radius 1 is 1.03 bits per heavy atom. The third kappa shape index (κ3) is 3.40. The van der Waals surface area contributed by atoms with Crippen LogP contribution in [-0.4, -0.2) is 29.7 Å². The first-order valence-corrected chi connectivity index (χ1v) is 12.4. The molecule has 0 saturated heterocycles. The van der Waals surface area contributed by atoms with Gasteiger partial charge < -0.3 is 9.55 Å². The largest absolute Gasteiger partial charge is 0.324 e. The number of hydrogen-bond acceptors (Lipinski definition) is 7. The third-order valence-corrected chi connectivity index (χ3v) is 7.31. The summed E-state index contributed by atoms with van der Waals surface area (Å²) in [7, 11) is 0. The molecule has 7 nitrogen and oxygen atoms in total. The Bertz CT molecular complexity index is 1690. The lowest BCUT2D eigenvalue weighted by atomic mass is 10.1. The van der Waals surface area contributed by atoms with Gasteiger partial charge in [0.15, 0.2) is 5.65 Å². The minimum atomic E-state index is -0.128. The first-order valence-electron chi connectivity index (χ1n) is 10.5. The van der Waals surface area contributed by atoms with E-state index in [0.29, 0.717) is 22.1 Å². The van der Waals surface area contributed by atoms with E-state index in [0.717, 1.165) is 44.6 Å². The molecule has 0 aliphatic rings. The number of thioether (sulfide) groups is 1. The lowest BCUT2D eigenvalue weighted by molar-refractivity contribution is 0.789. The second-order valence-corrected chi connectivity index (χ2v) is 9.33. The van der Waals surface area contributed by atoms with Gasteiger partial charge >= 0.3 is 0 Å². The quantitative estimate of drug-likeness (QED) is 0.346. The molecule has 0 amide bonds. The fourth-order valence-electron chi connectivity index (χ4n) is 4.10. The molecule has 0 bridgehead atoms. The van der Waals surface area contributed by atoms with Crippen LogP contribution in [0.15, 0.2) is 69.9 Å². The number of aromatic amines is 1. The first-order chi connectivity index (χ1) is 16.2. The maximum Gasteiger partial charge on any atom is 0.260 e. The van der Waals surface area contributed by atoms with Crippen LogP contribution >= 0.6 is 23.1 Å². The van der Waals surface area contributed by atoms with Crippen LogP contribution in [0.4, 0.5) is 0 Å². The lowest BCUT2D eigenvalue weighted by Gasteiger charge is -2.04. The van der Waals surface area contributed by atoms with Gasteiger partial charge in [0.25, 0.3) is 5.56 Å². The number of rotatable bonds is 5. The summed E-state index contributed by atoms with van der Waals surface area (Å²) in [6.07, 6.45) is 0. The van der Waals surface area contributed by atoms with E-state index in [1.54, 1.807) is 0 Å². The molecule has 6 aromatic rings. The number of aryl methyl sites for hydroxylation is 1. The second-order valence-electron chi connectivity index (χ2n) is 7.52. The van der Waals surface area contributed by atoms with Crippen molar-refractivity contribution >= 4 is 55.4 Å². The Balaban J connectivity index is 1.32. The SMILES string of the molecule is CCn1c2ccccc2c2nnc(SCc3nc4scc(-c5ccccc5)c4c(=O)[nH]3)nc21. The van der Waals surface area contributed by atoms with Crippen LogP contribution in [0.25, 0.3) is 43.4 Å². The van der Waals surface area contributed by atoms with Gasteiger partial charge in [0.1, 0.15) is 16.2 Å². The van der Waals surface area contributed by atoms with Crippen molar-refractivity contribution in [1.82, 2.24) is 29.7 Å². The Morgan fingerprint density at radius 2 is 1.85 bits per heavy atom. The highest BCUT2D eigenvalue weighted by atomic mass is 32.2. The fraction of sp³-hybridized carbons (Fsp3) is 0.125. The van der Waals surface area contributed by atoms with Crippen molar-refractivity contribution in [2.75, 3.05) is 0 Å². The number of nitrogens with zero attached hydrogens (tertiary/aromatic N) is 5. The molecule has 33 heavy (non-hydrogen) atoms. The Hall–Kier alpha value is -3.56. The topological polar surface area (TPSA) is 89.4 Å². The molecule has 0 aliphatic carbocycles. The van der Waals surface area contributed by atoms with Crippen LogP contribution in [-0.2, 0) is 12.3 Å². The van der Waals surface area contributed by atoms with E-state index < -0.39 is 0 Å². The molecule has 6 rings (SSSR count). The van der Waals surface area contributed by atoms with Gasteiger partial charge in [0.2, 0.25) is 5.16 Å². The van der Waals surface area contributed by atoms with Crippen LogP contribution in [0.3, 0.4) is 0 Å². The zero-order valence-corrected chi connectivity index (χ0v) is 19.3. The average Bonchev–Trinajstić information content (AvgIpc) is 3.42. The summed E-state index contributed by atoms with van der Waals surface area (Å²) < 4.78 is 2.15. The predicted molar refractivity (Wildman–Crippen MR) is 134 cm³/mol. The van der Waals surface area contributed by atoms with Crippen LogP contribution in [0, 0.1) is 0 Å². The molecule has 162 valence electrons. The van der Waals surface area contributed by atoms with Crippen molar-refractivity contribution in [1.29, 1.82) is 0 Å². The second kappa shape index (κ2) is 8.09. The predicted octanol–water partition coefficient (Wildman–Crippen LogP) is 5.26. The Labute approximate surface area is 196 Å². The van der Waals surface area contributed by atoms with E-state index in [4.69, 9.17) is 4.98 Å². The van der Waals surface area contributed by atoms with E-state index in [1.165, 1.54) is 23.1 Å². The Morgan fingerprint density at radius 3 is 2.70 bits per heavy atom. The molecule has 0 saturated carbocycles. The number of para-hydroxylation sites is 1. The average molecular weight is 471 g/mol. The van der Waals surface area contributed by atoms with Gasteiger partial charge in [-0.05, 0) is 18.6 Å². The number of thiophene rings is 1. The maximum atomic E-state index is 12.9. The monoisotopic (exact) mass is 470 g/mol. The van der Waals surface area contributed by atoms with Gasteiger partial charge in [-0.25, -0.2) is 9.97 Å². The van der Waals surface area contributed by atoms with Crippen molar-refractivity contribution < 1.29 is 0 Å². The molecule has 4 aromatic heterocycles. The smallest absolute Gasteiger partial charge is 0.260 e. The van der Waals surface area contributed by atoms with Crippen LogP contribution in [0.1, 0.15) is 12.7 Å². The number of hydrogen-bond donors (Lipinski definition) is 1. The minimum absolute atomic E-state index is 0.128. The Kier molecular flexibility index (Phi) is 4.92. The van der Waals surface area contributed by atoms with E-state index in [-0.39, 0.29) is 5.56 Å². The zero-order chi connectivity index (χ0) is 22.4. The van der Waals surface area contributed by atoms with Crippen LogP contribution in [0.5, 0.6) is 0 Å². The molecular weight excluding hydrogens is 452 g/mol. The van der Waals surface area contributed by atoms with Crippen LogP contribution < -0.4 is 5.56 Å². The van der Waals surface area contributed by atoms with E-state index in [2.05, 4.69) is 37.7 Å². The number of benzene rings is 2. The molecule has 0 unspecified atom stereocenters. The normalized spacial score (nSPS) is 11.7. The summed E-state index contributed by atoms with van der Waals surface area (Å²) in [6.45, 7) is 2.88. The number of nitrogens with one attached hydrogen (secondary N) is 1. The molecule has 0 spiro atoms. The molecule has 1 N–H and O–H groups in total. The summed E-state index contributed by atoms with van der Waals surface area (Å²) in [4.78, 5) is 26.0. The number of H-pyrrole nitrogens is 1. The van der Waals surface area contributed by atoms with E-state index >= 15 is 0 Å². The van der Waals surface area contributed by atoms with E-state index in [1.807, 2.05) is 53.9 Å². The van der Waals surface area contributed by atoms with Gasteiger partial charge in [-0.15, -0.1) is 21.5 Å². The minimum Gasteiger partial charge on any atom is -0.324 e. The summed E-state index contributed by atoms with van der Waals surface area (Å²) in [6, 6.07) is 18.0. The highest BCUT2D eigenvalue weighted by molar-refractivity contribution is 7.98. The third-order valence-electron chi connectivity index (χ3n) is 5.59. The first kappa shape index (κ1) is 20.1. The lowest BCUT2D eigenvalue weighted by Crippen LogP contribution is -2.10. The van der Waals surface area contributed by atoms with Crippen LogP contribution in [0.2, 0.25) is 0 Å². The highest BCUT2D eigenvalue weighted by Crippen LogP contribution is 2.31.